The quantitative estimate of drug-likeness (QED) is 0.812. The molecule has 0 saturated carbocycles. The van der Waals surface area contributed by atoms with Crippen molar-refractivity contribution >= 4 is 23.6 Å². The second-order valence-electron chi connectivity index (χ2n) is 7.12. The number of likely N-dealkylation sites (tertiary alicyclic amines) is 1. The van der Waals surface area contributed by atoms with Gasteiger partial charge < -0.3 is 14.5 Å². The summed E-state index contributed by atoms with van der Waals surface area (Å²) in [6.07, 6.45) is 3.19. The molecule has 0 unspecified atom stereocenters. The number of rotatable bonds is 4. The van der Waals surface area contributed by atoms with E-state index in [1.807, 2.05) is 9.80 Å². The Balaban J connectivity index is 1.61. The zero-order valence-corrected chi connectivity index (χ0v) is 15.6. The van der Waals surface area contributed by atoms with Gasteiger partial charge in [0.2, 0.25) is 0 Å². The van der Waals surface area contributed by atoms with E-state index < -0.39 is 5.60 Å². The van der Waals surface area contributed by atoms with Gasteiger partial charge in [-0.2, -0.15) is 0 Å². The van der Waals surface area contributed by atoms with Gasteiger partial charge in [-0.3, -0.25) is 4.79 Å². The SMILES string of the molecule is CCC[C@H](C)N1CC2(CCN(C(=O)c3ccc(Cl)cc3)CC2)OC1=O. The molecule has 2 fully saturated rings. The average Bonchev–Trinajstić information content (AvgIpc) is 2.92. The molecule has 25 heavy (non-hydrogen) atoms. The van der Waals surface area contributed by atoms with E-state index in [0.717, 1.165) is 12.8 Å². The molecule has 1 atom stereocenters. The highest BCUT2D eigenvalue weighted by Crippen LogP contribution is 2.35. The van der Waals surface area contributed by atoms with Crippen molar-refractivity contribution in [2.24, 2.45) is 0 Å². The van der Waals surface area contributed by atoms with Crippen molar-refractivity contribution in [2.45, 2.75) is 51.2 Å². The Morgan fingerprint density at radius 1 is 1.28 bits per heavy atom. The number of carbonyl (C=O) groups is 2. The Kier molecular flexibility index (Phi) is 5.23. The van der Waals surface area contributed by atoms with Crippen molar-refractivity contribution in [3.63, 3.8) is 0 Å². The molecular formula is C19H25ClN2O3. The third-order valence-electron chi connectivity index (χ3n) is 5.29. The normalized spacial score (nSPS) is 20.7. The molecule has 6 heteroatoms. The number of carbonyl (C=O) groups excluding carboxylic acids is 2. The molecule has 0 N–H and O–H groups in total. The van der Waals surface area contributed by atoms with Gasteiger partial charge >= 0.3 is 6.09 Å². The molecule has 1 aromatic carbocycles. The number of benzene rings is 1. The Hall–Kier alpha value is -1.75. The number of piperidine rings is 1. The van der Waals surface area contributed by atoms with Crippen molar-refractivity contribution in [3.05, 3.63) is 34.9 Å². The predicted molar refractivity (Wildman–Crippen MR) is 96.9 cm³/mol. The van der Waals surface area contributed by atoms with Crippen LogP contribution in [0.1, 0.15) is 49.9 Å². The summed E-state index contributed by atoms with van der Waals surface area (Å²) in [5.41, 5.74) is 0.206. The molecule has 3 rings (SSSR count). The lowest BCUT2D eigenvalue weighted by Crippen LogP contribution is -2.49. The van der Waals surface area contributed by atoms with Crippen LogP contribution in [0.2, 0.25) is 5.02 Å². The maximum atomic E-state index is 12.6. The van der Waals surface area contributed by atoms with Gasteiger partial charge in [0.25, 0.3) is 5.91 Å². The van der Waals surface area contributed by atoms with Crippen LogP contribution < -0.4 is 0 Å². The molecule has 0 radical (unpaired) electrons. The zero-order chi connectivity index (χ0) is 18.0. The number of hydrogen-bond donors (Lipinski definition) is 0. The van der Waals surface area contributed by atoms with Gasteiger partial charge in [-0.25, -0.2) is 4.79 Å². The second kappa shape index (κ2) is 7.24. The number of ether oxygens (including phenoxy) is 1. The minimum Gasteiger partial charge on any atom is -0.441 e. The smallest absolute Gasteiger partial charge is 0.410 e. The average molecular weight is 365 g/mol. The van der Waals surface area contributed by atoms with E-state index in [4.69, 9.17) is 16.3 Å². The van der Waals surface area contributed by atoms with Crippen LogP contribution >= 0.6 is 11.6 Å². The fraction of sp³-hybridized carbons (Fsp3) is 0.579. The first-order valence-corrected chi connectivity index (χ1v) is 9.36. The summed E-state index contributed by atoms with van der Waals surface area (Å²) in [5.74, 6) is 0.00653. The Bertz CT molecular complexity index is 639. The largest absolute Gasteiger partial charge is 0.441 e. The fourth-order valence-corrected chi connectivity index (χ4v) is 3.84. The molecule has 1 aromatic rings. The van der Waals surface area contributed by atoms with Crippen LogP contribution in [0, 0.1) is 0 Å². The van der Waals surface area contributed by atoms with E-state index in [1.54, 1.807) is 24.3 Å². The van der Waals surface area contributed by atoms with Crippen molar-refractivity contribution in [3.8, 4) is 0 Å². The first-order valence-electron chi connectivity index (χ1n) is 8.98. The molecule has 2 saturated heterocycles. The summed E-state index contributed by atoms with van der Waals surface area (Å²) >= 11 is 5.88. The van der Waals surface area contributed by atoms with Gasteiger partial charge in [-0.1, -0.05) is 24.9 Å². The molecule has 1 spiro atoms. The third kappa shape index (κ3) is 3.76. The number of amides is 2. The van der Waals surface area contributed by atoms with Crippen LogP contribution in [0.15, 0.2) is 24.3 Å². The highest BCUT2D eigenvalue weighted by Gasteiger charge is 2.48. The summed E-state index contributed by atoms with van der Waals surface area (Å²) in [4.78, 5) is 28.5. The molecule has 136 valence electrons. The highest BCUT2D eigenvalue weighted by atomic mass is 35.5. The Morgan fingerprint density at radius 2 is 1.92 bits per heavy atom. The number of halogens is 1. The van der Waals surface area contributed by atoms with Crippen molar-refractivity contribution in [2.75, 3.05) is 19.6 Å². The van der Waals surface area contributed by atoms with E-state index in [-0.39, 0.29) is 18.0 Å². The molecule has 0 aromatic heterocycles. The first kappa shape index (κ1) is 18.1. The maximum Gasteiger partial charge on any atom is 0.410 e. The van der Waals surface area contributed by atoms with Gasteiger partial charge in [0.1, 0.15) is 5.60 Å². The summed E-state index contributed by atoms with van der Waals surface area (Å²) in [6.45, 7) is 6.03. The van der Waals surface area contributed by atoms with Crippen LogP contribution in [-0.2, 0) is 4.74 Å². The first-order chi connectivity index (χ1) is 11.9. The summed E-state index contributed by atoms with van der Waals surface area (Å²) < 4.78 is 5.75. The molecule has 2 aliphatic heterocycles. The van der Waals surface area contributed by atoms with Crippen LogP contribution in [0.4, 0.5) is 4.79 Å². The molecular weight excluding hydrogens is 340 g/mol. The zero-order valence-electron chi connectivity index (χ0n) is 14.8. The van der Waals surface area contributed by atoms with Crippen LogP contribution in [0.25, 0.3) is 0 Å². The van der Waals surface area contributed by atoms with Gasteiger partial charge in [0.05, 0.1) is 6.54 Å². The summed E-state index contributed by atoms with van der Waals surface area (Å²) in [5, 5.41) is 0.619. The van der Waals surface area contributed by atoms with Crippen LogP contribution in [0.3, 0.4) is 0 Å². The van der Waals surface area contributed by atoms with E-state index in [0.29, 0.717) is 43.1 Å². The minimum atomic E-state index is -0.435. The molecule has 2 aliphatic rings. The van der Waals surface area contributed by atoms with Crippen molar-refractivity contribution in [1.82, 2.24) is 9.80 Å². The second-order valence-corrected chi connectivity index (χ2v) is 7.55. The summed E-state index contributed by atoms with van der Waals surface area (Å²) in [7, 11) is 0. The number of nitrogens with zero attached hydrogens (tertiary/aromatic N) is 2. The molecule has 2 amide bonds. The lowest BCUT2D eigenvalue weighted by molar-refractivity contribution is 0.00307. The van der Waals surface area contributed by atoms with Crippen LogP contribution in [0.5, 0.6) is 0 Å². The van der Waals surface area contributed by atoms with Crippen molar-refractivity contribution in [1.29, 1.82) is 0 Å². The highest BCUT2D eigenvalue weighted by molar-refractivity contribution is 6.30. The van der Waals surface area contributed by atoms with Gasteiger partial charge in [-0.15, -0.1) is 0 Å². The standard InChI is InChI=1S/C19H25ClN2O3/c1-3-4-14(2)22-13-19(25-18(22)24)9-11-21(12-10-19)17(23)15-5-7-16(20)8-6-15/h5-8,14H,3-4,9-13H2,1-2H3/t14-/m0/s1. The molecule has 5 nitrogen and oxygen atoms in total. The van der Waals surface area contributed by atoms with E-state index in [9.17, 15) is 9.59 Å². The topological polar surface area (TPSA) is 49.9 Å². The molecule has 2 heterocycles. The third-order valence-corrected chi connectivity index (χ3v) is 5.54. The van der Waals surface area contributed by atoms with Gasteiger partial charge in [-0.05, 0) is 37.6 Å². The van der Waals surface area contributed by atoms with Gasteiger partial charge in [0.15, 0.2) is 0 Å². The number of hydrogen-bond acceptors (Lipinski definition) is 3. The lowest BCUT2D eigenvalue weighted by atomic mass is 9.90. The maximum absolute atomic E-state index is 12.6. The molecule has 0 aliphatic carbocycles. The monoisotopic (exact) mass is 364 g/mol. The summed E-state index contributed by atoms with van der Waals surface area (Å²) in [6, 6.07) is 7.15. The minimum absolute atomic E-state index is 0.00653. The van der Waals surface area contributed by atoms with E-state index >= 15 is 0 Å². The van der Waals surface area contributed by atoms with E-state index in [2.05, 4.69) is 13.8 Å². The molecule has 0 bridgehead atoms. The van der Waals surface area contributed by atoms with Crippen molar-refractivity contribution < 1.29 is 14.3 Å². The Labute approximate surface area is 153 Å². The Morgan fingerprint density at radius 3 is 2.52 bits per heavy atom. The predicted octanol–water partition coefficient (Wildman–Crippen LogP) is 3.96. The lowest BCUT2D eigenvalue weighted by Gasteiger charge is -2.37. The van der Waals surface area contributed by atoms with E-state index in [1.165, 1.54) is 0 Å². The van der Waals surface area contributed by atoms with Gasteiger partial charge in [0, 0.05) is 42.6 Å². The fourth-order valence-electron chi connectivity index (χ4n) is 3.71. The van der Waals surface area contributed by atoms with Crippen LogP contribution in [-0.4, -0.2) is 53.1 Å².